The number of carbonyl (C=O) groups is 1. The van der Waals surface area contributed by atoms with Crippen molar-refractivity contribution in [2.24, 2.45) is 0 Å². The van der Waals surface area contributed by atoms with Gasteiger partial charge < -0.3 is 5.32 Å². The van der Waals surface area contributed by atoms with Crippen LogP contribution >= 0.6 is 0 Å². The summed E-state index contributed by atoms with van der Waals surface area (Å²) in [6.45, 7) is 2.35. The van der Waals surface area contributed by atoms with Gasteiger partial charge in [0.1, 0.15) is 20.3 Å². The van der Waals surface area contributed by atoms with Crippen LogP contribution in [0, 0.1) is 0 Å². The molecule has 0 bridgehead atoms. The lowest BCUT2D eigenvalue weighted by Gasteiger charge is -1.98. The maximum atomic E-state index is 10.5. The minimum absolute atomic E-state index is 0.0617. The molecule has 0 radical (unpaired) electrons. The first-order chi connectivity index (χ1) is 5.63. The van der Waals surface area contributed by atoms with Crippen LogP contribution in [-0.4, -0.2) is 37.3 Å². The monoisotopic (exact) mass is 175 g/mol. The lowest BCUT2D eigenvalue weighted by molar-refractivity contribution is -0.460. The fourth-order valence-electron chi connectivity index (χ4n) is 0.883. The van der Waals surface area contributed by atoms with Gasteiger partial charge in [-0.15, -0.1) is 0 Å². The second-order valence-electron chi connectivity index (χ2n) is 3.12. The fourth-order valence-corrected chi connectivity index (χ4v) is 0.883. The number of amides is 1. The number of hydrogen-bond donors (Lipinski definition) is 1. The summed E-state index contributed by atoms with van der Waals surface area (Å²) < 4.78 is 2.05. The molecule has 0 spiro atoms. The molecule has 0 saturated carbocycles. The molecule has 0 aromatic heterocycles. The number of hydrogen-bond acceptors (Lipinski definition) is 1. The zero-order valence-electron chi connectivity index (χ0n) is 8.26. The van der Waals surface area contributed by atoms with E-state index in [0.29, 0.717) is 0 Å². The lowest BCUT2D eigenvalue weighted by atomic mass is 10.6. The number of unbranched alkanes of at least 4 members (excludes halogenated alkanes) is 2. The average molecular weight is 175 g/mol. The number of nitrogens with one attached hydrogen (secondary N) is 1. The van der Waals surface area contributed by atoms with Gasteiger partial charge in [-0.25, -0.2) is 4.58 Å². The van der Waals surface area contributed by atoms with Crippen LogP contribution < -0.4 is 5.32 Å². The van der Waals surface area contributed by atoms with Gasteiger partial charge in [0.2, 0.25) is 5.91 Å². The quantitative estimate of drug-likeness (QED) is 0.215. The van der Waals surface area contributed by atoms with E-state index in [1.807, 2.05) is 14.1 Å². The average Bonchev–Trinajstić information content (AvgIpc) is 1.95. The fraction of sp³-hybridized carbons (Fsp3) is 0.778. The molecule has 70 valence electrons. The summed E-state index contributed by atoms with van der Waals surface area (Å²) in [6.07, 6.45) is 5.43. The van der Waals surface area contributed by atoms with Crippen molar-refractivity contribution in [2.45, 2.75) is 26.2 Å². The van der Waals surface area contributed by atoms with Crippen LogP contribution in [0.15, 0.2) is 0 Å². The summed E-state index contributed by atoms with van der Waals surface area (Å²) in [7, 11) is 4.04. The molecule has 0 unspecified atom stereocenters. The molecule has 0 aromatic carbocycles. The van der Waals surface area contributed by atoms with Crippen LogP contribution in [0.3, 0.4) is 0 Å². The van der Waals surface area contributed by atoms with Crippen molar-refractivity contribution in [3.63, 3.8) is 0 Å². The third-order valence-electron chi connectivity index (χ3n) is 1.50. The van der Waals surface area contributed by atoms with Crippen molar-refractivity contribution in [3.05, 3.63) is 0 Å². The van der Waals surface area contributed by atoms with Gasteiger partial charge in [-0.2, -0.15) is 0 Å². The predicted octanol–water partition coefficient (Wildman–Crippen LogP) is 0.636. The van der Waals surface area contributed by atoms with E-state index in [0.717, 1.165) is 25.8 Å². The second kappa shape index (κ2) is 6.83. The molecule has 1 amide bonds. The van der Waals surface area contributed by atoms with E-state index in [1.54, 1.807) is 6.92 Å². The molecule has 0 atom stereocenters. The zero-order chi connectivity index (χ0) is 9.40. The molecule has 0 aromatic rings. The molecule has 12 heavy (non-hydrogen) atoms. The normalized spacial score (nSPS) is 9.25. The van der Waals surface area contributed by atoms with E-state index in [2.05, 4.69) is 16.1 Å². The van der Waals surface area contributed by atoms with Gasteiger partial charge in [-0.3, -0.25) is 4.79 Å². The van der Waals surface area contributed by atoms with Crippen LogP contribution in [0.5, 0.6) is 0 Å². The van der Waals surface area contributed by atoms with Gasteiger partial charge in [0.25, 0.3) is 0 Å². The van der Waals surface area contributed by atoms with Gasteiger partial charge in [0.05, 0.1) is 0 Å². The number of carbonyl (C=O) groups excluding carboxylic acids is 1. The molecular weight excluding hydrogens is 156 g/mol. The molecule has 0 heterocycles. The Balaban J connectivity index is 3.11. The third-order valence-corrected chi connectivity index (χ3v) is 1.50. The Morgan fingerprint density at radius 3 is 2.58 bits per heavy atom. The standard InChI is InChI=1S/C9H18N2O/c1-9(12)10-7-5-4-6-8-11(2)3/h8H,4-7H2,1-3H3/p+1/i4+1,5+1,7+1,10+1. The summed E-state index contributed by atoms with van der Waals surface area (Å²) in [5.74, 6) is 0.0617. The topological polar surface area (TPSA) is 32.1 Å². The predicted molar refractivity (Wildman–Crippen MR) is 50.7 cm³/mol. The highest BCUT2D eigenvalue weighted by Gasteiger charge is 1.91. The van der Waals surface area contributed by atoms with E-state index in [1.165, 1.54) is 0 Å². The van der Waals surface area contributed by atoms with Crippen LogP contribution in [-0.2, 0) is 4.79 Å². The highest BCUT2D eigenvalue weighted by Crippen LogP contribution is 1.90. The van der Waals surface area contributed by atoms with Gasteiger partial charge >= 0.3 is 0 Å². The molecule has 0 aliphatic carbocycles. The Bertz CT molecular complexity index is 160. The first-order valence-corrected chi connectivity index (χ1v) is 4.37. The Hall–Kier alpha value is -0.860. The van der Waals surface area contributed by atoms with E-state index in [-0.39, 0.29) is 5.91 Å². The third kappa shape index (κ3) is 9.14. The Morgan fingerprint density at radius 2 is 2.08 bits per heavy atom. The van der Waals surface area contributed by atoms with Crippen molar-refractivity contribution in [3.8, 4) is 0 Å². The zero-order valence-corrected chi connectivity index (χ0v) is 8.26. The first-order valence-electron chi connectivity index (χ1n) is 4.37. The van der Waals surface area contributed by atoms with Crippen molar-refractivity contribution in [1.29, 1.82) is 0 Å². The lowest BCUT2D eigenvalue weighted by Crippen LogP contribution is -2.20. The minimum atomic E-state index is 0.0617. The van der Waals surface area contributed by atoms with Gasteiger partial charge in [0, 0.05) is 19.9 Å². The Labute approximate surface area is 74.5 Å². The largest absolute Gasteiger partial charge is 0.356 e. The SMILES string of the molecule is CC(=O)[15NH][13CH2][13CH2][13CH2]CC=[N+](C)C. The van der Waals surface area contributed by atoms with Crippen molar-refractivity contribution >= 4 is 12.1 Å². The van der Waals surface area contributed by atoms with Crippen molar-refractivity contribution < 1.29 is 9.37 Å². The Kier molecular flexibility index (Phi) is 6.34. The molecule has 0 aliphatic heterocycles. The van der Waals surface area contributed by atoms with Gasteiger partial charge in [-0.05, 0) is 12.8 Å². The highest BCUT2D eigenvalue weighted by atomic mass is 16.2. The summed E-state index contributed by atoms with van der Waals surface area (Å²) in [4.78, 5) is 10.5. The summed E-state index contributed by atoms with van der Waals surface area (Å²) in [6, 6.07) is 0. The smallest absolute Gasteiger partial charge is 0.216 e. The maximum Gasteiger partial charge on any atom is 0.216 e. The summed E-state index contributed by atoms with van der Waals surface area (Å²) in [5, 5.41) is 2.77. The number of rotatable bonds is 5. The molecule has 1 N–H and O–H groups in total. The van der Waals surface area contributed by atoms with Crippen LogP contribution in [0.25, 0.3) is 0 Å². The molecule has 0 fully saturated rings. The van der Waals surface area contributed by atoms with E-state index >= 15 is 0 Å². The molecule has 3 nitrogen and oxygen atoms in total. The second-order valence-corrected chi connectivity index (χ2v) is 3.12. The molecule has 0 rings (SSSR count). The highest BCUT2D eigenvalue weighted by molar-refractivity contribution is 5.72. The van der Waals surface area contributed by atoms with Crippen molar-refractivity contribution in [1.82, 2.24) is 5.32 Å². The maximum absolute atomic E-state index is 10.5. The molecular formula is C9H19N2O+. The minimum Gasteiger partial charge on any atom is -0.356 e. The molecule has 0 saturated heterocycles. The molecule has 3 heteroatoms. The number of nitrogens with zero attached hydrogens (tertiary/aromatic N) is 1. The van der Waals surface area contributed by atoms with E-state index in [4.69, 9.17) is 0 Å². The Morgan fingerprint density at radius 1 is 1.42 bits per heavy atom. The molecule has 0 aliphatic rings. The first kappa shape index (κ1) is 11.1. The van der Waals surface area contributed by atoms with Crippen LogP contribution in [0.2, 0.25) is 0 Å². The summed E-state index contributed by atoms with van der Waals surface area (Å²) >= 11 is 0. The van der Waals surface area contributed by atoms with Crippen molar-refractivity contribution in [2.75, 3.05) is 20.6 Å². The van der Waals surface area contributed by atoms with Gasteiger partial charge in [-0.1, -0.05) is 0 Å². The van der Waals surface area contributed by atoms with E-state index in [9.17, 15) is 4.79 Å². The van der Waals surface area contributed by atoms with Gasteiger partial charge in [0.15, 0.2) is 0 Å². The summed E-state index contributed by atoms with van der Waals surface area (Å²) in [5.41, 5.74) is 0. The van der Waals surface area contributed by atoms with E-state index < -0.39 is 0 Å². The van der Waals surface area contributed by atoms with Crippen LogP contribution in [0.4, 0.5) is 0 Å². The van der Waals surface area contributed by atoms with Crippen LogP contribution in [0.1, 0.15) is 26.2 Å².